The van der Waals surface area contributed by atoms with Gasteiger partial charge in [0.2, 0.25) is 11.7 Å². The van der Waals surface area contributed by atoms with E-state index in [-0.39, 0.29) is 6.04 Å². The molecule has 0 saturated heterocycles. The second-order valence-corrected chi connectivity index (χ2v) is 6.00. The van der Waals surface area contributed by atoms with Gasteiger partial charge in [0.1, 0.15) is 11.6 Å². The van der Waals surface area contributed by atoms with Crippen LogP contribution in [0.3, 0.4) is 0 Å². The third kappa shape index (κ3) is 4.12. The first kappa shape index (κ1) is 20.1. The van der Waals surface area contributed by atoms with Crippen molar-refractivity contribution in [3.8, 4) is 0 Å². The molecule has 10 heteroatoms. The zero-order valence-electron chi connectivity index (χ0n) is 13.6. The van der Waals surface area contributed by atoms with Gasteiger partial charge in [-0.05, 0) is 12.8 Å². The number of carbonyl (C=O) groups excluding carboxylic acids is 2. The lowest BCUT2D eigenvalue weighted by molar-refractivity contribution is -0.124. The summed E-state index contributed by atoms with van der Waals surface area (Å²) in [7, 11) is 0. The van der Waals surface area contributed by atoms with Crippen LogP contribution in [0.1, 0.15) is 42.5 Å². The number of carbonyl (C=O) groups is 2. The minimum absolute atomic E-state index is 0.170. The summed E-state index contributed by atoms with van der Waals surface area (Å²) >= 11 is 0. The molecule has 0 unspecified atom stereocenters. The van der Waals surface area contributed by atoms with Gasteiger partial charge in [0, 0.05) is 6.04 Å². The number of aliphatic hydroxyl groups excluding tert-OH is 1. The van der Waals surface area contributed by atoms with Gasteiger partial charge in [-0.1, -0.05) is 19.3 Å². The first-order valence-corrected chi connectivity index (χ1v) is 8.01. The molecule has 3 N–H and O–H groups in total. The molecule has 0 bridgehead atoms. The van der Waals surface area contributed by atoms with Crippen molar-refractivity contribution < 1.29 is 36.6 Å². The van der Waals surface area contributed by atoms with E-state index in [0.29, 0.717) is 12.8 Å². The molecule has 2 amide bonds. The van der Waals surface area contributed by atoms with Crippen LogP contribution >= 0.6 is 0 Å². The van der Waals surface area contributed by atoms with E-state index in [2.05, 4.69) is 5.32 Å². The van der Waals surface area contributed by atoms with Gasteiger partial charge >= 0.3 is 0 Å². The molecule has 144 valence electrons. The number of nitrogens with one attached hydrogen (secondary N) is 2. The van der Waals surface area contributed by atoms with Crippen LogP contribution < -0.4 is 10.6 Å². The number of aliphatic hydroxyl groups is 1. The summed E-state index contributed by atoms with van der Waals surface area (Å²) in [5.74, 6) is -14.1. The highest BCUT2D eigenvalue weighted by Gasteiger charge is 2.32. The number of rotatable bonds is 5. The van der Waals surface area contributed by atoms with Gasteiger partial charge in [-0.3, -0.25) is 9.59 Å². The summed E-state index contributed by atoms with van der Waals surface area (Å²) in [6, 6.07) is -1.77. The van der Waals surface area contributed by atoms with Crippen LogP contribution in [0.4, 0.5) is 22.0 Å². The average Bonchev–Trinajstić information content (AvgIpc) is 2.63. The molecule has 26 heavy (non-hydrogen) atoms. The van der Waals surface area contributed by atoms with Crippen molar-refractivity contribution in [3.63, 3.8) is 0 Å². The van der Waals surface area contributed by atoms with E-state index in [9.17, 15) is 36.6 Å². The quantitative estimate of drug-likeness (QED) is 0.415. The zero-order chi connectivity index (χ0) is 19.4. The average molecular weight is 380 g/mol. The molecule has 2 rings (SSSR count). The maximum absolute atomic E-state index is 13.6. The molecule has 1 atom stereocenters. The SMILES string of the molecule is O=C(N[C@@H](CO)C(=O)NC1CCCCC1)c1c(F)c(F)c(F)c(F)c1F. The Morgan fingerprint density at radius 3 is 1.92 bits per heavy atom. The maximum Gasteiger partial charge on any atom is 0.258 e. The number of halogens is 5. The fraction of sp³-hybridized carbons (Fsp3) is 0.500. The summed E-state index contributed by atoms with van der Waals surface area (Å²) in [6.07, 6.45) is 4.22. The minimum atomic E-state index is -2.40. The first-order chi connectivity index (χ1) is 12.3. The van der Waals surface area contributed by atoms with Crippen molar-refractivity contribution in [1.82, 2.24) is 10.6 Å². The molecule has 1 aromatic rings. The summed E-state index contributed by atoms with van der Waals surface area (Å²) < 4.78 is 66.6. The molecule has 1 aromatic carbocycles. The van der Waals surface area contributed by atoms with Gasteiger partial charge < -0.3 is 15.7 Å². The highest BCUT2D eigenvalue weighted by Crippen LogP contribution is 2.23. The lowest BCUT2D eigenvalue weighted by Gasteiger charge is -2.25. The van der Waals surface area contributed by atoms with Crippen LogP contribution in [0.25, 0.3) is 0 Å². The van der Waals surface area contributed by atoms with Crippen molar-refractivity contribution >= 4 is 11.8 Å². The smallest absolute Gasteiger partial charge is 0.258 e. The van der Waals surface area contributed by atoms with E-state index in [4.69, 9.17) is 0 Å². The van der Waals surface area contributed by atoms with Gasteiger partial charge in [-0.15, -0.1) is 0 Å². The van der Waals surface area contributed by atoms with Crippen LogP contribution in [0.2, 0.25) is 0 Å². The molecular weight excluding hydrogens is 363 g/mol. The Balaban J connectivity index is 2.15. The first-order valence-electron chi connectivity index (χ1n) is 8.01. The standard InChI is InChI=1S/C16H17F5N2O3/c17-10-9(11(18)13(20)14(21)12(10)19)16(26)23-8(6-24)15(25)22-7-4-2-1-3-5-7/h7-8,24H,1-6H2,(H,22,25)(H,23,26)/t8-/m0/s1. The van der Waals surface area contributed by atoms with Crippen molar-refractivity contribution in [2.75, 3.05) is 6.61 Å². The predicted octanol–water partition coefficient (Wildman–Crippen LogP) is 1.92. The Morgan fingerprint density at radius 1 is 0.923 bits per heavy atom. The molecule has 0 heterocycles. The molecule has 1 aliphatic carbocycles. The molecule has 0 aliphatic heterocycles. The zero-order valence-corrected chi connectivity index (χ0v) is 13.6. The molecule has 0 spiro atoms. The third-order valence-electron chi connectivity index (χ3n) is 4.19. The normalized spacial score (nSPS) is 16.2. The third-order valence-corrected chi connectivity index (χ3v) is 4.19. The predicted molar refractivity (Wildman–Crippen MR) is 79.6 cm³/mol. The Morgan fingerprint density at radius 2 is 1.42 bits per heavy atom. The number of hydrogen-bond donors (Lipinski definition) is 3. The lowest BCUT2D eigenvalue weighted by Crippen LogP contribution is -2.52. The fourth-order valence-corrected chi connectivity index (χ4v) is 2.78. The van der Waals surface area contributed by atoms with Gasteiger partial charge in [-0.2, -0.15) is 0 Å². The minimum Gasteiger partial charge on any atom is -0.394 e. The molecule has 5 nitrogen and oxygen atoms in total. The van der Waals surface area contributed by atoms with Crippen molar-refractivity contribution in [2.24, 2.45) is 0 Å². The van der Waals surface area contributed by atoms with Crippen molar-refractivity contribution in [1.29, 1.82) is 0 Å². The number of benzene rings is 1. The lowest BCUT2D eigenvalue weighted by atomic mass is 9.95. The highest BCUT2D eigenvalue weighted by atomic mass is 19.2. The molecule has 0 aromatic heterocycles. The van der Waals surface area contributed by atoms with Crippen LogP contribution in [-0.2, 0) is 4.79 Å². The van der Waals surface area contributed by atoms with Crippen molar-refractivity contribution in [3.05, 3.63) is 34.6 Å². The van der Waals surface area contributed by atoms with E-state index in [0.717, 1.165) is 19.3 Å². The fourth-order valence-electron chi connectivity index (χ4n) is 2.78. The van der Waals surface area contributed by atoms with Gasteiger partial charge in [0.05, 0.1) is 6.61 Å². The summed E-state index contributed by atoms with van der Waals surface area (Å²) in [6.45, 7) is -0.917. The Kier molecular flexibility index (Phi) is 6.52. The van der Waals surface area contributed by atoms with E-state index >= 15 is 0 Å². The second-order valence-electron chi connectivity index (χ2n) is 6.00. The molecule has 1 aliphatic rings. The van der Waals surface area contributed by atoms with Crippen molar-refractivity contribution in [2.45, 2.75) is 44.2 Å². The van der Waals surface area contributed by atoms with E-state index in [1.54, 1.807) is 5.32 Å². The molecular formula is C16H17F5N2O3. The summed E-state index contributed by atoms with van der Waals surface area (Å²) in [5, 5.41) is 13.6. The second kappa shape index (κ2) is 8.43. The van der Waals surface area contributed by atoms with Gasteiger partial charge in [-0.25, -0.2) is 22.0 Å². The molecule has 0 radical (unpaired) electrons. The monoisotopic (exact) mass is 380 g/mol. The van der Waals surface area contributed by atoms with Crippen LogP contribution in [0.15, 0.2) is 0 Å². The van der Waals surface area contributed by atoms with Gasteiger partial charge in [0.15, 0.2) is 23.3 Å². The van der Waals surface area contributed by atoms with E-state index < -0.39 is 59.1 Å². The largest absolute Gasteiger partial charge is 0.394 e. The number of hydrogen-bond acceptors (Lipinski definition) is 3. The van der Waals surface area contributed by atoms with Gasteiger partial charge in [0.25, 0.3) is 5.91 Å². The number of amides is 2. The topological polar surface area (TPSA) is 78.4 Å². The van der Waals surface area contributed by atoms with E-state index in [1.165, 1.54) is 0 Å². The Labute approximate surface area is 145 Å². The Hall–Kier alpha value is -2.23. The van der Waals surface area contributed by atoms with Crippen LogP contribution in [0, 0.1) is 29.1 Å². The maximum atomic E-state index is 13.6. The Bertz CT molecular complexity index is 679. The molecule has 1 fully saturated rings. The summed E-state index contributed by atoms with van der Waals surface area (Å²) in [4.78, 5) is 24.0. The molecule has 1 saturated carbocycles. The summed E-state index contributed by atoms with van der Waals surface area (Å²) in [5.41, 5.74) is -1.72. The van der Waals surface area contributed by atoms with E-state index in [1.807, 2.05) is 0 Å². The van der Waals surface area contributed by atoms with Crippen LogP contribution in [-0.4, -0.2) is 35.6 Å². The van der Waals surface area contributed by atoms with Crippen LogP contribution in [0.5, 0.6) is 0 Å². The highest BCUT2D eigenvalue weighted by molar-refractivity contribution is 5.98.